The normalized spacial score (nSPS) is 31.1. The Balaban J connectivity index is 1.16. The Morgan fingerprint density at radius 3 is 2.57 bits per heavy atom. The zero-order chi connectivity index (χ0) is 38.1. The third-order valence-corrected chi connectivity index (χ3v) is 13.8. The van der Waals surface area contributed by atoms with Crippen molar-refractivity contribution < 1.29 is 25.2 Å². The van der Waals surface area contributed by atoms with Crippen molar-refractivity contribution in [2.24, 2.45) is 47.2 Å². The van der Waals surface area contributed by atoms with E-state index in [4.69, 9.17) is 5.73 Å². The molecule has 1 saturated carbocycles. The molecule has 0 bridgehead atoms. The zero-order valence-corrected chi connectivity index (χ0v) is 33.4. The monoisotopic (exact) mass is 736 g/mol. The molecule has 4 aliphatic rings. The molecule has 2 heterocycles. The van der Waals surface area contributed by atoms with Gasteiger partial charge in [0.1, 0.15) is 0 Å². The summed E-state index contributed by atoms with van der Waals surface area (Å²) in [5, 5.41) is 47.8. The molecule has 5 rings (SSSR count). The fourth-order valence-corrected chi connectivity index (χ4v) is 10.6. The standard InChI is InChI=1S/C45H73N3O5/c1-5-6-8-11-31-14-15-34(42(50)24-31)12-9-7-10-13-38(44(51)52)41(49)18-20-45(53)28-33(22-32-19-21-47-43(46)25-32)23-35(45)26-36-27-39-30(4)37(29(2)3)16-17-40(39)48-36/h14-15,19,25,27,29-31,33-35,37-38,41-42,47-50,53H,5-13,16-18,20-24,26,28,46H2,1-4H3,(H,51,52). The van der Waals surface area contributed by atoms with Crippen LogP contribution >= 0.6 is 0 Å². The molecule has 10 atom stereocenters. The number of fused-ring (bicyclic) bond motifs is 1. The highest BCUT2D eigenvalue weighted by Crippen LogP contribution is 2.48. The third-order valence-electron chi connectivity index (χ3n) is 13.8. The molecule has 1 aromatic heterocycles. The van der Waals surface area contributed by atoms with Gasteiger partial charge in [0, 0.05) is 23.9 Å². The van der Waals surface area contributed by atoms with Crippen molar-refractivity contribution in [2.45, 2.75) is 167 Å². The average Bonchev–Trinajstić information content (AvgIpc) is 3.66. The molecule has 10 unspecified atom stereocenters. The van der Waals surface area contributed by atoms with Crippen LogP contribution in [-0.2, 0) is 17.6 Å². The summed E-state index contributed by atoms with van der Waals surface area (Å²) in [4.78, 5) is 16.1. The minimum absolute atomic E-state index is 0.0127. The van der Waals surface area contributed by atoms with Gasteiger partial charge in [0.15, 0.2) is 0 Å². The van der Waals surface area contributed by atoms with Gasteiger partial charge in [0.05, 0.1) is 29.5 Å². The number of aromatic amines is 1. The number of aliphatic hydroxyl groups is 3. The second kappa shape index (κ2) is 19.4. The molecule has 8 N–H and O–H groups in total. The van der Waals surface area contributed by atoms with Gasteiger partial charge in [-0.15, -0.1) is 0 Å². The van der Waals surface area contributed by atoms with Gasteiger partial charge >= 0.3 is 5.97 Å². The van der Waals surface area contributed by atoms with E-state index in [1.54, 1.807) is 0 Å². The number of aromatic nitrogens is 1. The predicted octanol–water partition coefficient (Wildman–Crippen LogP) is 8.28. The average molecular weight is 736 g/mol. The molecule has 8 heteroatoms. The van der Waals surface area contributed by atoms with E-state index in [0.29, 0.717) is 55.3 Å². The first-order valence-corrected chi connectivity index (χ1v) is 21.5. The number of allylic oxidation sites excluding steroid dienone is 3. The molecule has 0 saturated heterocycles. The molecule has 3 aliphatic carbocycles. The van der Waals surface area contributed by atoms with Crippen LogP contribution in [0.15, 0.2) is 41.8 Å². The molecule has 1 fully saturated rings. The number of nitrogens with one attached hydrogen (secondary N) is 2. The van der Waals surface area contributed by atoms with E-state index in [1.165, 1.54) is 48.2 Å². The number of hydrogen-bond donors (Lipinski definition) is 7. The number of carboxylic acids is 1. The maximum absolute atomic E-state index is 12.4. The summed E-state index contributed by atoms with van der Waals surface area (Å²) in [5.41, 5.74) is 10.3. The molecule has 298 valence electrons. The number of rotatable bonds is 20. The van der Waals surface area contributed by atoms with Gasteiger partial charge in [-0.1, -0.05) is 84.4 Å². The summed E-state index contributed by atoms with van der Waals surface area (Å²) >= 11 is 0. The van der Waals surface area contributed by atoms with Crippen molar-refractivity contribution in [3.63, 3.8) is 0 Å². The Bertz CT molecular complexity index is 1410. The highest BCUT2D eigenvalue weighted by Gasteiger charge is 2.46. The number of nitrogens with two attached hydrogens (primary N) is 1. The van der Waals surface area contributed by atoms with E-state index in [1.807, 2.05) is 6.08 Å². The second-order valence-corrected chi connectivity index (χ2v) is 18.0. The van der Waals surface area contributed by atoms with Crippen LogP contribution in [0, 0.1) is 41.4 Å². The number of unbranched alkanes of at least 4 members (excludes halogenated alkanes) is 4. The Labute approximate surface area is 320 Å². The number of aliphatic hydroxyl groups excluding tert-OH is 2. The first-order chi connectivity index (χ1) is 25.4. The highest BCUT2D eigenvalue weighted by atomic mass is 16.4. The number of aliphatic carboxylic acids is 1. The predicted molar refractivity (Wildman–Crippen MR) is 214 cm³/mol. The second-order valence-electron chi connectivity index (χ2n) is 18.0. The van der Waals surface area contributed by atoms with E-state index >= 15 is 0 Å². The summed E-state index contributed by atoms with van der Waals surface area (Å²) in [5.74, 6) is 1.65. The third kappa shape index (κ3) is 11.3. The van der Waals surface area contributed by atoms with Gasteiger partial charge in [-0.3, -0.25) is 4.79 Å². The molecule has 53 heavy (non-hydrogen) atoms. The van der Waals surface area contributed by atoms with Crippen LogP contribution in [-0.4, -0.2) is 55.7 Å². The molecule has 0 spiro atoms. The van der Waals surface area contributed by atoms with Gasteiger partial charge in [-0.25, -0.2) is 0 Å². The first kappa shape index (κ1) is 41.6. The summed E-state index contributed by atoms with van der Waals surface area (Å²) in [6.07, 6.45) is 23.0. The van der Waals surface area contributed by atoms with Crippen LogP contribution in [0.5, 0.6) is 0 Å². The lowest BCUT2D eigenvalue weighted by atomic mass is 9.73. The van der Waals surface area contributed by atoms with Gasteiger partial charge in [-0.05, 0) is 136 Å². The first-order valence-electron chi connectivity index (χ1n) is 21.5. The Morgan fingerprint density at radius 2 is 1.85 bits per heavy atom. The van der Waals surface area contributed by atoms with Crippen LogP contribution in [0.3, 0.4) is 0 Å². The lowest BCUT2D eigenvalue weighted by Crippen LogP contribution is -2.37. The Morgan fingerprint density at radius 1 is 1.06 bits per heavy atom. The molecular weight excluding hydrogens is 663 g/mol. The lowest BCUT2D eigenvalue weighted by Gasteiger charge is -2.32. The largest absolute Gasteiger partial charge is 0.481 e. The maximum atomic E-state index is 12.4. The summed E-state index contributed by atoms with van der Waals surface area (Å²) < 4.78 is 0. The molecule has 1 aromatic rings. The van der Waals surface area contributed by atoms with Crippen molar-refractivity contribution in [1.29, 1.82) is 0 Å². The van der Waals surface area contributed by atoms with E-state index in [0.717, 1.165) is 64.2 Å². The van der Waals surface area contributed by atoms with Gasteiger partial charge in [-0.2, -0.15) is 0 Å². The fourth-order valence-electron chi connectivity index (χ4n) is 10.6. The number of H-pyrrole nitrogens is 1. The van der Waals surface area contributed by atoms with E-state index in [-0.39, 0.29) is 30.3 Å². The SMILES string of the molecule is CCCCCC1C=CC(CCCCCC(C(=O)O)C(O)CCC2(O)CC(CC3=CCNC(N)=C3)CC2Cc2cc3c([nH]2)CCC(C(C)C)C3C)C(O)C1. The minimum Gasteiger partial charge on any atom is -0.481 e. The smallest absolute Gasteiger partial charge is 0.309 e. The Hall–Kier alpha value is -2.55. The zero-order valence-electron chi connectivity index (χ0n) is 33.4. The van der Waals surface area contributed by atoms with E-state index in [9.17, 15) is 25.2 Å². The molecular formula is C45H73N3O5. The van der Waals surface area contributed by atoms with Gasteiger partial charge in [0.25, 0.3) is 0 Å². The van der Waals surface area contributed by atoms with Crippen LogP contribution in [0.4, 0.5) is 0 Å². The van der Waals surface area contributed by atoms with Crippen molar-refractivity contribution in [3.8, 4) is 0 Å². The molecule has 0 aromatic carbocycles. The lowest BCUT2D eigenvalue weighted by molar-refractivity contribution is -0.146. The molecule has 8 nitrogen and oxygen atoms in total. The molecule has 0 amide bonds. The van der Waals surface area contributed by atoms with E-state index < -0.39 is 23.6 Å². The van der Waals surface area contributed by atoms with Crippen molar-refractivity contribution in [3.05, 3.63) is 58.7 Å². The fraction of sp³-hybridized carbons (Fsp3) is 0.756. The number of aryl methyl sites for hydroxylation is 1. The van der Waals surface area contributed by atoms with E-state index in [2.05, 4.69) is 62.3 Å². The number of carboxylic acid groups (broad SMARTS) is 1. The highest BCUT2D eigenvalue weighted by molar-refractivity contribution is 5.70. The summed E-state index contributed by atoms with van der Waals surface area (Å²) in [7, 11) is 0. The number of dihydropyridines is 1. The minimum atomic E-state index is -1.01. The van der Waals surface area contributed by atoms with Crippen molar-refractivity contribution in [2.75, 3.05) is 6.54 Å². The van der Waals surface area contributed by atoms with Gasteiger partial charge < -0.3 is 36.5 Å². The van der Waals surface area contributed by atoms with Crippen LogP contribution in [0.2, 0.25) is 0 Å². The maximum Gasteiger partial charge on any atom is 0.309 e. The number of carbonyl (C=O) groups is 1. The topological polar surface area (TPSA) is 152 Å². The summed E-state index contributed by atoms with van der Waals surface area (Å²) in [6.45, 7) is 9.94. The Kier molecular flexibility index (Phi) is 15.2. The molecule has 1 aliphatic heterocycles. The van der Waals surface area contributed by atoms with Crippen LogP contribution in [0.25, 0.3) is 0 Å². The van der Waals surface area contributed by atoms with Gasteiger partial charge in [0.2, 0.25) is 0 Å². The van der Waals surface area contributed by atoms with Crippen LogP contribution in [0.1, 0.15) is 153 Å². The summed E-state index contributed by atoms with van der Waals surface area (Å²) in [6, 6.07) is 2.35. The van der Waals surface area contributed by atoms with Crippen molar-refractivity contribution in [1.82, 2.24) is 10.3 Å². The number of hydrogen-bond acceptors (Lipinski definition) is 6. The van der Waals surface area contributed by atoms with Crippen LogP contribution < -0.4 is 11.1 Å². The molecule has 0 radical (unpaired) electrons. The quantitative estimate of drug-likeness (QED) is 0.0526. The van der Waals surface area contributed by atoms with Crippen molar-refractivity contribution >= 4 is 5.97 Å².